The molecule has 0 bridgehead atoms. The molecule has 3 aromatic rings. The molecule has 1 heterocycles. The highest BCUT2D eigenvalue weighted by Gasteiger charge is 2.35. The summed E-state index contributed by atoms with van der Waals surface area (Å²) in [5.74, 6) is -1.10. The van der Waals surface area contributed by atoms with Gasteiger partial charge in [0.2, 0.25) is 11.8 Å². The number of nitrogens with one attached hydrogen (secondary N) is 2. The molecular weight excluding hydrogens is 414 g/mol. The summed E-state index contributed by atoms with van der Waals surface area (Å²) in [4.78, 5) is 39.9. The second-order valence-corrected chi connectivity index (χ2v) is 8.44. The number of hydrogen-bond acceptors (Lipinski definition) is 3. The number of para-hydroxylation sites is 1. The highest BCUT2D eigenvalue weighted by molar-refractivity contribution is 6.07. The van der Waals surface area contributed by atoms with Gasteiger partial charge in [0.15, 0.2) is 0 Å². The number of amides is 3. The lowest BCUT2D eigenvalue weighted by atomic mass is 10.1. The molecule has 2 N–H and O–H groups in total. The molecule has 33 heavy (non-hydrogen) atoms. The highest BCUT2D eigenvalue weighted by atomic mass is 16.2. The van der Waals surface area contributed by atoms with Crippen molar-refractivity contribution in [3.8, 4) is 0 Å². The Morgan fingerprint density at radius 1 is 0.909 bits per heavy atom. The Kier molecular flexibility index (Phi) is 6.54. The fourth-order valence-electron chi connectivity index (χ4n) is 3.87. The van der Waals surface area contributed by atoms with E-state index >= 15 is 0 Å². The van der Waals surface area contributed by atoms with E-state index in [2.05, 4.69) is 10.6 Å². The third kappa shape index (κ3) is 5.29. The number of nitrogens with zero attached hydrogens (tertiary/aromatic N) is 1. The minimum atomic E-state index is -0.484. The van der Waals surface area contributed by atoms with E-state index in [1.54, 1.807) is 29.2 Å². The van der Waals surface area contributed by atoms with Gasteiger partial charge in [-0.15, -0.1) is 0 Å². The van der Waals surface area contributed by atoms with Crippen LogP contribution in [0.4, 0.5) is 11.4 Å². The Bertz CT molecular complexity index is 1170. The lowest BCUT2D eigenvalue weighted by Gasteiger charge is -2.17. The fraction of sp³-hybridized carbons (Fsp3) is 0.222. The van der Waals surface area contributed by atoms with Crippen molar-refractivity contribution >= 4 is 29.1 Å². The lowest BCUT2D eigenvalue weighted by molar-refractivity contribution is -0.122. The molecule has 1 aliphatic heterocycles. The molecule has 0 radical (unpaired) electrons. The summed E-state index contributed by atoms with van der Waals surface area (Å²) in [6.45, 7) is 4.71. The van der Waals surface area contributed by atoms with Gasteiger partial charge in [-0.1, -0.05) is 59.7 Å². The molecule has 0 aromatic heterocycles. The molecular formula is C27H27N3O3. The summed E-state index contributed by atoms with van der Waals surface area (Å²) >= 11 is 0. The minimum Gasteiger partial charge on any atom is -0.348 e. The van der Waals surface area contributed by atoms with Crippen molar-refractivity contribution in [3.63, 3.8) is 0 Å². The zero-order valence-electron chi connectivity index (χ0n) is 18.8. The molecule has 1 atom stereocenters. The van der Waals surface area contributed by atoms with Gasteiger partial charge in [-0.25, -0.2) is 0 Å². The first-order valence-electron chi connectivity index (χ1n) is 11.0. The largest absolute Gasteiger partial charge is 0.348 e. The standard InChI is InChI=1S/C27H27N3O3/c1-18-7-11-20(12-8-18)16-28-27(33)23-5-3-4-6-24(23)29-26(32)21-15-25(31)30(17-21)22-13-9-19(2)10-14-22/h3-14,21H,15-17H2,1-2H3,(H,28,33)(H,29,32)/t21-/m1/s1. The van der Waals surface area contributed by atoms with Crippen molar-refractivity contribution in [1.29, 1.82) is 0 Å². The molecule has 3 aromatic carbocycles. The van der Waals surface area contributed by atoms with Crippen molar-refractivity contribution < 1.29 is 14.4 Å². The Morgan fingerprint density at radius 3 is 2.24 bits per heavy atom. The molecule has 0 aliphatic carbocycles. The number of carbonyl (C=O) groups excluding carboxylic acids is 3. The summed E-state index contributed by atoms with van der Waals surface area (Å²) < 4.78 is 0. The fourth-order valence-corrected chi connectivity index (χ4v) is 3.87. The second kappa shape index (κ2) is 9.69. The van der Waals surface area contributed by atoms with Crippen molar-refractivity contribution in [2.45, 2.75) is 26.8 Å². The van der Waals surface area contributed by atoms with Crippen LogP contribution in [-0.2, 0) is 16.1 Å². The van der Waals surface area contributed by atoms with E-state index in [1.165, 1.54) is 0 Å². The third-order valence-electron chi connectivity index (χ3n) is 5.84. The van der Waals surface area contributed by atoms with Gasteiger partial charge in [0.05, 0.1) is 17.2 Å². The highest BCUT2D eigenvalue weighted by Crippen LogP contribution is 2.27. The average Bonchev–Trinajstić information content (AvgIpc) is 3.21. The van der Waals surface area contributed by atoms with E-state index in [0.29, 0.717) is 24.3 Å². The molecule has 168 valence electrons. The molecule has 6 nitrogen and oxygen atoms in total. The van der Waals surface area contributed by atoms with E-state index in [4.69, 9.17) is 0 Å². The van der Waals surface area contributed by atoms with Crippen LogP contribution in [-0.4, -0.2) is 24.3 Å². The number of anilines is 2. The third-order valence-corrected chi connectivity index (χ3v) is 5.84. The monoisotopic (exact) mass is 441 g/mol. The van der Waals surface area contributed by atoms with Crippen LogP contribution in [0.3, 0.4) is 0 Å². The van der Waals surface area contributed by atoms with Crippen LogP contribution in [0.15, 0.2) is 72.8 Å². The smallest absolute Gasteiger partial charge is 0.253 e. The van der Waals surface area contributed by atoms with Gasteiger partial charge >= 0.3 is 0 Å². The predicted octanol–water partition coefficient (Wildman–Crippen LogP) is 4.23. The first-order chi connectivity index (χ1) is 15.9. The summed E-state index contributed by atoms with van der Waals surface area (Å²) in [6, 6.07) is 22.5. The van der Waals surface area contributed by atoms with Crippen LogP contribution >= 0.6 is 0 Å². The Hall–Kier alpha value is -3.93. The quantitative estimate of drug-likeness (QED) is 0.601. The van der Waals surface area contributed by atoms with E-state index in [0.717, 1.165) is 22.4 Å². The molecule has 1 saturated heterocycles. The lowest BCUT2D eigenvalue weighted by Crippen LogP contribution is -2.29. The summed E-state index contributed by atoms with van der Waals surface area (Å²) in [5, 5.41) is 5.77. The van der Waals surface area contributed by atoms with Crippen LogP contribution in [0, 0.1) is 19.8 Å². The van der Waals surface area contributed by atoms with Crippen molar-refractivity contribution in [1.82, 2.24) is 5.32 Å². The van der Waals surface area contributed by atoms with Crippen LogP contribution in [0.25, 0.3) is 0 Å². The molecule has 0 spiro atoms. The van der Waals surface area contributed by atoms with Gasteiger partial charge in [-0.3, -0.25) is 14.4 Å². The molecule has 1 fully saturated rings. The molecule has 3 amide bonds. The summed E-state index contributed by atoms with van der Waals surface area (Å²) in [5.41, 5.74) is 4.87. The molecule has 6 heteroatoms. The Balaban J connectivity index is 1.41. The van der Waals surface area contributed by atoms with Crippen LogP contribution in [0.1, 0.15) is 33.5 Å². The van der Waals surface area contributed by atoms with Gasteiger partial charge in [0.1, 0.15) is 0 Å². The minimum absolute atomic E-state index is 0.0804. The Morgan fingerprint density at radius 2 is 1.55 bits per heavy atom. The van der Waals surface area contributed by atoms with E-state index in [9.17, 15) is 14.4 Å². The van der Waals surface area contributed by atoms with Crippen molar-refractivity contribution in [2.24, 2.45) is 5.92 Å². The number of aryl methyl sites for hydroxylation is 2. The first kappa shape index (κ1) is 22.3. The maximum Gasteiger partial charge on any atom is 0.253 e. The normalized spacial score (nSPS) is 15.4. The molecule has 4 rings (SSSR count). The van der Waals surface area contributed by atoms with Crippen LogP contribution in [0.5, 0.6) is 0 Å². The maximum absolute atomic E-state index is 13.0. The topological polar surface area (TPSA) is 78.5 Å². The number of carbonyl (C=O) groups is 3. The number of rotatable bonds is 6. The van der Waals surface area contributed by atoms with Gasteiger partial charge in [0.25, 0.3) is 5.91 Å². The number of benzene rings is 3. The van der Waals surface area contributed by atoms with Gasteiger partial charge in [0, 0.05) is 25.2 Å². The average molecular weight is 442 g/mol. The number of hydrogen-bond donors (Lipinski definition) is 2. The zero-order chi connectivity index (χ0) is 23.4. The maximum atomic E-state index is 13.0. The van der Waals surface area contributed by atoms with Gasteiger partial charge < -0.3 is 15.5 Å². The molecule has 0 unspecified atom stereocenters. The van der Waals surface area contributed by atoms with E-state index < -0.39 is 5.92 Å². The van der Waals surface area contributed by atoms with Crippen molar-refractivity contribution in [2.75, 3.05) is 16.8 Å². The van der Waals surface area contributed by atoms with Gasteiger partial charge in [-0.05, 0) is 43.7 Å². The first-order valence-corrected chi connectivity index (χ1v) is 11.0. The summed E-state index contributed by atoms with van der Waals surface area (Å²) in [6.07, 6.45) is 0.140. The van der Waals surface area contributed by atoms with Crippen LogP contribution in [0.2, 0.25) is 0 Å². The van der Waals surface area contributed by atoms with E-state index in [1.807, 2.05) is 62.4 Å². The van der Waals surface area contributed by atoms with E-state index in [-0.39, 0.29) is 24.1 Å². The van der Waals surface area contributed by atoms with Crippen LogP contribution < -0.4 is 15.5 Å². The Labute approximate surface area is 193 Å². The zero-order valence-corrected chi connectivity index (χ0v) is 18.8. The summed E-state index contributed by atoms with van der Waals surface area (Å²) in [7, 11) is 0. The molecule has 1 aliphatic rings. The van der Waals surface area contributed by atoms with Crippen molar-refractivity contribution in [3.05, 3.63) is 95.1 Å². The predicted molar refractivity (Wildman–Crippen MR) is 129 cm³/mol. The van der Waals surface area contributed by atoms with Gasteiger partial charge in [-0.2, -0.15) is 0 Å². The SMILES string of the molecule is Cc1ccc(CNC(=O)c2ccccc2NC(=O)[C@@H]2CC(=O)N(c3ccc(C)cc3)C2)cc1. The second-order valence-electron chi connectivity index (χ2n) is 8.44. The molecule has 0 saturated carbocycles.